The molecule has 2 N–H and O–H groups in total. The van der Waals surface area contributed by atoms with E-state index in [-0.39, 0.29) is 6.04 Å². The molecule has 0 heterocycles. The lowest BCUT2D eigenvalue weighted by Crippen LogP contribution is -2.49. The predicted molar refractivity (Wildman–Crippen MR) is 79.3 cm³/mol. The van der Waals surface area contributed by atoms with Gasteiger partial charge in [-0.3, -0.25) is 4.79 Å². The van der Waals surface area contributed by atoms with E-state index in [1.165, 1.54) is 6.42 Å². The van der Waals surface area contributed by atoms with Crippen LogP contribution in [0.5, 0.6) is 0 Å². The van der Waals surface area contributed by atoms with E-state index >= 15 is 0 Å². The van der Waals surface area contributed by atoms with Crippen molar-refractivity contribution in [2.75, 3.05) is 0 Å². The van der Waals surface area contributed by atoms with Crippen molar-refractivity contribution in [3.8, 4) is 0 Å². The van der Waals surface area contributed by atoms with Gasteiger partial charge in [-0.25, -0.2) is 0 Å². The second-order valence-electron chi connectivity index (χ2n) is 7.81. The molecule has 0 aromatic rings. The summed E-state index contributed by atoms with van der Waals surface area (Å²) in [5.74, 6) is -0.699. The molecule has 0 aromatic carbocycles. The molecule has 0 aromatic heterocycles. The third kappa shape index (κ3) is 5.52. The number of rotatable bonds is 6. The Bertz CT molecular complexity index is 294. The van der Waals surface area contributed by atoms with Crippen LogP contribution in [0.4, 0.5) is 0 Å². The topological polar surface area (TPSA) is 49.3 Å². The Morgan fingerprint density at radius 1 is 1.26 bits per heavy atom. The molecule has 0 unspecified atom stereocenters. The zero-order valence-electron chi connectivity index (χ0n) is 13.3. The van der Waals surface area contributed by atoms with Crippen LogP contribution < -0.4 is 5.32 Å². The molecule has 112 valence electrons. The summed E-state index contributed by atoms with van der Waals surface area (Å²) in [5.41, 5.74) is 0.598. The highest BCUT2D eigenvalue weighted by atomic mass is 16.4. The van der Waals surface area contributed by atoms with Crippen LogP contribution in [0.3, 0.4) is 0 Å². The first-order valence-electron chi connectivity index (χ1n) is 7.64. The fourth-order valence-corrected chi connectivity index (χ4v) is 3.93. The quantitative estimate of drug-likeness (QED) is 0.770. The Hall–Kier alpha value is -0.570. The van der Waals surface area contributed by atoms with E-state index in [0.29, 0.717) is 16.9 Å². The second kappa shape index (κ2) is 6.25. The Labute approximate surface area is 118 Å². The third-order valence-corrected chi connectivity index (χ3v) is 4.14. The van der Waals surface area contributed by atoms with Gasteiger partial charge >= 0.3 is 5.97 Å². The van der Waals surface area contributed by atoms with E-state index < -0.39 is 5.97 Å². The molecule has 0 amide bonds. The van der Waals surface area contributed by atoms with Gasteiger partial charge < -0.3 is 10.4 Å². The van der Waals surface area contributed by atoms with Gasteiger partial charge in [-0.2, -0.15) is 0 Å². The maximum Gasteiger partial charge on any atom is 0.320 e. The van der Waals surface area contributed by atoms with Crippen molar-refractivity contribution in [3.05, 3.63) is 0 Å². The summed E-state index contributed by atoms with van der Waals surface area (Å²) in [6.45, 7) is 11.3. The third-order valence-electron chi connectivity index (χ3n) is 4.14. The molecule has 3 heteroatoms. The number of nitrogens with one attached hydrogen (secondary N) is 1. The number of carboxylic acid groups (broad SMARTS) is 1. The molecule has 1 rings (SSSR count). The Morgan fingerprint density at radius 2 is 1.79 bits per heavy atom. The van der Waals surface area contributed by atoms with Crippen LogP contribution in [0.2, 0.25) is 0 Å². The molecule has 1 saturated carbocycles. The zero-order valence-corrected chi connectivity index (χ0v) is 13.3. The van der Waals surface area contributed by atoms with Gasteiger partial charge in [0.25, 0.3) is 0 Å². The molecule has 0 radical (unpaired) electrons. The van der Waals surface area contributed by atoms with Gasteiger partial charge in [0, 0.05) is 6.04 Å². The summed E-state index contributed by atoms with van der Waals surface area (Å²) in [6.07, 6.45) is 6.13. The number of hydrogen-bond acceptors (Lipinski definition) is 2. The van der Waals surface area contributed by atoms with Crippen molar-refractivity contribution in [2.45, 2.75) is 85.2 Å². The van der Waals surface area contributed by atoms with E-state index in [9.17, 15) is 9.90 Å². The predicted octanol–water partition coefficient (Wildman–Crippen LogP) is 3.82. The van der Waals surface area contributed by atoms with E-state index in [1.54, 1.807) is 0 Å². The van der Waals surface area contributed by atoms with Crippen LogP contribution in [0.25, 0.3) is 0 Å². The molecule has 1 aliphatic rings. The van der Waals surface area contributed by atoms with Gasteiger partial charge in [0.1, 0.15) is 6.04 Å². The summed E-state index contributed by atoms with van der Waals surface area (Å²) in [5, 5.41) is 12.7. The van der Waals surface area contributed by atoms with Gasteiger partial charge in [-0.1, -0.05) is 47.5 Å². The van der Waals surface area contributed by atoms with E-state index in [1.807, 2.05) is 0 Å². The number of hydrogen-bond donors (Lipinski definition) is 2. The summed E-state index contributed by atoms with van der Waals surface area (Å²) in [7, 11) is 0. The highest BCUT2D eigenvalue weighted by molar-refractivity contribution is 5.73. The molecule has 0 aliphatic heterocycles. The molecule has 0 saturated heterocycles. The maximum atomic E-state index is 11.3. The number of carboxylic acids is 1. The van der Waals surface area contributed by atoms with Gasteiger partial charge in [0.05, 0.1) is 0 Å². The van der Waals surface area contributed by atoms with Crippen LogP contribution in [-0.4, -0.2) is 23.2 Å². The Morgan fingerprint density at radius 3 is 2.21 bits per heavy atom. The molecule has 0 bridgehead atoms. The van der Waals surface area contributed by atoms with Crippen molar-refractivity contribution >= 4 is 5.97 Å². The summed E-state index contributed by atoms with van der Waals surface area (Å²) in [6, 6.07) is -0.0497. The first kappa shape index (κ1) is 16.5. The lowest BCUT2D eigenvalue weighted by Gasteiger charge is -2.46. The molecular formula is C16H31NO2. The minimum atomic E-state index is -0.699. The number of unbranched alkanes of at least 4 members (excludes halogenated alkanes) is 1. The smallest absolute Gasteiger partial charge is 0.320 e. The van der Waals surface area contributed by atoms with Crippen molar-refractivity contribution in [1.82, 2.24) is 5.32 Å². The lowest BCUT2D eigenvalue weighted by atomic mass is 9.63. The van der Waals surface area contributed by atoms with Crippen LogP contribution >= 0.6 is 0 Å². The first-order valence-corrected chi connectivity index (χ1v) is 7.64. The average molecular weight is 269 g/mol. The van der Waals surface area contributed by atoms with Gasteiger partial charge in [-0.05, 0) is 36.5 Å². The highest BCUT2D eigenvalue weighted by Gasteiger charge is 2.39. The minimum absolute atomic E-state index is 0.299. The van der Waals surface area contributed by atoms with E-state index in [2.05, 4.69) is 39.9 Å². The fourth-order valence-electron chi connectivity index (χ4n) is 3.93. The highest BCUT2D eigenvalue weighted by Crippen LogP contribution is 2.45. The maximum absolute atomic E-state index is 11.3. The molecule has 3 nitrogen and oxygen atoms in total. The molecule has 1 fully saturated rings. The van der Waals surface area contributed by atoms with Crippen LogP contribution in [0, 0.1) is 10.8 Å². The molecule has 1 atom stereocenters. The standard InChI is InChI=1S/C16H31NO2/c1-6-7-8-13(14(18)19)17-12-9-15(2,3)11-16(4,5)10-12/h12-13,17H,6-11H2,1-5H3,(H,18,19)/t13-/m0/s1. The summed E-state index contributed by atoms with van der Waals surface area (Å²) < 4.78 is 0. The van der Waals surface area contributed by atoms with Crippen LogP contribution in [0.1, 0.15) is 73.1 Å². The summed E-state index contributed by atoms with van der Waals surface area (Å²) >= 11 is 0. The molecule has 19 heavy (non-hydrogen) atoms. The second-order valence-corrected chi connectivity index (χ2v) is 7.81. The summed E-state index contributed by atoms with van der Waals surface area (Å²) in [4.78, 5) is 11.3. The minimum Gasteiger partial charge on any atom is -0.480 e. The Balaban J connectivity index is 2.65. The monoisotopic (exact) mass is 269 g/mol. The SMILES string of the molecule is CCCC[C@H](NC1CC(C)(C)CC(C)(C)C1)C(=O)O. The number of aliphatic carboxylic acids is 1. The van der Waals surface area contributed by atoms with Crippen molar-refractivity contribution in [1.29, 1.82) is 0 Å². The van der Waals surface area contributed by atoms with Crippen molar-refractivity contribution < 1.29 is 9.90 Å². The fraction of sp³-hybridized carbons (Fsp3) is 0.938. The lowest BCUT2D eigenvalue weighted by molar-refractivity contribution is -0.140. The van der Waals surface area contributed by atoms with Crippen LogP contribution in [0.15, 0.2) is 0 Å². The van der Waals surface area contributed by atoms with Gasteiger partial charge in [-0.15, -0.1) is 0 Å². The van der Waals surface area contributed by atoms with Crippen molar-refractivity contribution in [2.24, 2.45) is 10.8 Å². The first-order chi connectivity index (χ1) is 8.65. The molecule has 1 aliphatic carbocycles. The normalized spacial score (nSPS) is 24.1. The van der Waals surface area contributed by atoms with E-state index in [0.717, 1.165) is 32.1 Å². The average Bonchev–Trinajstić information content (AvgIpc) is 2.19. The van der Waals surface area contributed by atoms with Crippen LogP contribution in [-0.2, 0) is 4.79 Å². The zero-order chi connectivity index (χ0) is 14.7. The largest absolute Gasteiger partial charge is 0.480 e. The van der Waals surface area contributed by atoms with E-state index in [4.69, 9.17) is 0 Å². The molecular weight excluding hydrogens is 238 g/mol. The Kier molecular flexibility index (Phi) is 5.43. The van der Waals surface area contributed by atoms with Gasteiger partial charge in [0.2, 0.25) is 0 Å². The molecule has 0 spiro atoms. The van der Waals surface area contributed by atoms with Gasteiger partial charge in [0.15, 0.2) is 0 Å². The number of carbonyl (C=O) groups is 1. The van der Waals surface area contributed by atoms with Crippen molar-refractivity contribution in [3.63, 3.8) is 0 Å².